The monoisotopic (exact) mass is 199 g/mol. The van der Waals surface area contributed by atoms with E-state index in [4.69, 9.17) is 5.11 Å². The van der Waals surface area contributed by atoms with Crippen LogP contribution in [0.5, 0.6) is 0 Å². The lowest BCUT2D eigenvalue weighted by atomic mass is 9.92. The minimum Gasteiger partial charge on any atom is -0.481 e. The third kappa shape index (κ3) is 2.38. The lowest BCUT2D eigenvalue weighted by Crippen LogP contribution is -2.46. The number of nitrogens with one attached hydrogen (secondary N) is 1. The number of imide groups is 1. The number of aliphatic carboxylic acids is 1. The first-order chi connectivity index (χ1) is 6.50. The summed E-state index contributed by atoms with van der Waals surface area (Å²) in [7, 11) is 0. The largest absolute Gasteiger partial charge is 0.481 e. The van der Waals surface area contributed by atoms with Gasteiger partial charge in [-0.2, -0.15) is 0 Å². The molecular weight excluding hydrogens is 190 g/mol. The molecule has 0 aromatic carbocycles. The molecule has 0 radical (unpaired) electrons. The first kappa shape index (κ1) is 10.4. The van der Waals surface area contributed by atoms with Crippen LogP contribution in [-0.4, -0.2) is 28.7 Å². The maximum absolute atomic E-state index is 11.2. The van der Waals surface area contributed by atoms with Crippen LogP contribution < -0.4 is 5.32 Å². The Labute approximate surface area is 79.3 Å². The highest BCUT2D eigenvalue weighted by atomic mass is 16.4. The normalized spacial score (nSPS) is 22.0. The van der Waals surface area contributed by atoms with Crippen molar-refractivity contribution in [2.75, 3.05) is 0 Å². The SMILES string of the molecule is O=C(O)CCC1C(=O)CC(=O)NC1=O. The van der Waals surface area contributed by atoms with E-state index < -0.39 is 29.5 Å². The quantitative estimate of drug-likeness (QED) is 0.452. The number of carboxylic acid groups (broad SMARTS) is 1. The second-order valence-corrected chi connectivity index (χ2v) is 3.04. The standard InChI is InChI=1S/C8H9NO5/c10-5-3-6(11)9-8(14)4(5)1-2-7(12)13/h4H,1-3H2,(H,12,13)(H,9,11,14). The van der Waals surface area contributed by atoms with E-state index in [1.807, 2.05) is 5.32 Å². The third-order valence-electron chi connectivity index (χ3n) is 1.95. The van der Waals surface area contributed by atoms with Crippen molar-refractivity contribution in [1.82, 2.24) is 5.32 Å². The van der Waals surface area contributed by atoms with Gasteiger partial charge < -0.3 is 5.11 Å². The highest BCUT2D eigenvalue weighted by molar-refractivity contribution is 6.18. The van der Waals surface area contributed by atoms with Gasteiger partial charge in [0.2, 0.25) is 11.8 Å². The molecule has 0 saturated carbocycles. The summed E-state index contributed by atoms with van der Waals surface area (Å²) in [5.41, 5.74) is 0. The maximum Gasteiger partial charge on any atom is 0.303 e. The molecule has 0 aromatic heterocycles. The fourth-order valence-corrected chi connectivity index (χ4v) is 1.26. The molecule has 1 heterocycles. The fourth-order valence-electron chi connectivity index (χ4n) is 1.26. The van der Waals surface area contributed by atoms with E-state index in [0.717, 1.165) is 0 Å². The first-order valence-corrected chi connectivity index (χ1v) is 4.09. The van der Waals surface area contributed by atoms with Crippen LogP contribution in [-0.2, 0) is 19.2 Å². The Bertz CT molecular complexity index is 289. The molecule has 6 heteroatoms. The molecule has 0 spiro atoms. The topological polar surface area (TPSA) is 101 Å². The zero-order chi connectivity index (χ0) is 10.7. The van der Waals surface area contributed by atoms with E-state index in [1.165, 1.54) is 0 Å². The molecule has 1 fully saturated rings. The molecule has 1 aliphatic rings. The molecule has 6 nitrogen and oxygen atoms in total. The molecule has 2 N–H and O–H groups in total. The Hall–Kier alpha value is -1.72. The molecule has 1 aliphatic heterocycles. The van der Waals surface area contributed by atoms with E-state index in [-0.39, 0.29) is 19.3 Å². The smallest absolute Gasteiger partial charge is 0.303 e. The Morgan fingerprint density at radius 2 is 2.07 bits per heavy atom. The van der Waals surface area contributed by atoms with Gasteiger partial charge >= 0.3 is 5.97 Å². The molecule has 1 unspecified atom stereocenters. The van der Waals surface area contributed by atoms with E-state index in [0.29, 0.717) is 0 Å². The number of rotatable bonds is 3. The number of hydrogen-bond donors (Lipinski definition) is 2. The molecule has 14 heavy (non-hydrogen) atoms. The van der Waals surface area contributed by atoms with Crippen molar-refractivity contribution in [3.8, 4) is 0 Å². The van der Waals surface area contributed by atoms with Gasteiger partial charge in [0.05, 0.1) is 12.3 Å². The molecule has 0 aliphatic carbocycles. The van der Waals surface area contributed by atoms with Crippen LogP contribution in [0, 0.1) is 5.92 Å². The second kappa shape index (κ2) is 3.99. The van der Waals surface area contributed by atoms with Gasteiger partial charge in [-0.25, -0.2) is 0 Å². The number of Topliss-reactive ketones (excluding diaryl/α,β-unsaturated/α-hetero) is 1. The van der Waals surface area contributed by atoms with Gasteiger partial charge in [0, 0.05) is 6.42 Å². The lowest BCUT2D eigenvalue weighted by Gasteiger charge is -2.18. The van der Waals surface area contributed by atoms with Crippen LogP contribution in [0.25, 0.3) is 0 Å². The van der Waals surface area contributed by atoms with Crippen molar-refractivity contribution in [3.63, 3.8) is 0 Å². The van der Waals surface area contributed by atoms with E-state index >= 15 is 0 Å². The number of carboxylic acids is 1. The molecule has 1 atom stereocenters. The summed E-state index contributed by atoms with van der Waals surface area (Å²) in [5, 5.41) is 10.4. The number of carbonyl (C=O) groups excluding carboxylic acids is 3. The predicted octanol–water partition coefficient (Wildman–Crippen LogP) is -0.917. The molecule has 76 valence electrons. The molecule has 0 bridgehead atoms. The number of ketones is 1. The summed E-state index contributed by atoms with van der Waals surface area (Å²) in [5.74, 6) is -3.86. The van der Waals surface area contributed by atoms with Gasteiger partial charge in [0.1, 0.15) is 0 Å². The van der Waals surface area contributed by atoms with Crippen LogP contribution in [0.2, 0.25) is 0 Å². The lowest BCUT2D eigenvalue weighted by molar-refractivity contribution is -0.144. The number of amides is 2. The summed E-state index contributed by atoms with van der Waals surface area (Å²) in [6.45, 7) is 0. The molecule has 0 aromatic rings. The molecular formula is C8H9NO5. The van der Waals surface area contributed by atoms with Gasteiger partial charge in [-0.1, -0.05) is 0 Å². The zero-order valence-electron chi connectivity index (χ0n) is 7.28. The maximum atomic E-state index is 11.2. The number of carbonyl (C=O) groups is 4. The van der Waals surface area contributed by atoms with Crippen molar-refractivity contribution < 1.29 is 24.3 Å². The first-order valence-electron chi connectivity index (χ1n) is 4.09. The Kier molecular flexibility index (Phi) is 2.95. The number of piperidine rings is 1. The van der Waals surface area contributed by atoms with Gasteiger partial charge in [0.25, 0.3) is 0 Å². The summed E-state index contributed by atoms with van der Waals surface area (Å²) in [4.78, 5) is 43.1. The molecule has 1 saturated heterocycles. The summed E-state index contributed by atoms with van der Waals surface area (Å²) >= 11 is 0. The van der Waals surface area contributed by atoms with E-state index in [2.05, 4.69) is 0 Å². The van der Waals surface area contributed by atoms with Crippen molar-refractivity contribution >= 4 is 23.6 Å². The van der Waals surface area contributed by atoms with Crippen LogP contribution in [0.15, 0.2) is 0 Å². The third-order valence-corrected chi connectivity index (χ3v) is 1.95. The number of hydrogen-bond acceptors (Lipinski definition) is 4. The predicted molar refractivity (Wildman–Crippen MR) is 43.1 cm³/mol. The van der Waals surface area contributed by atoms with Gasteiger partial charge in [-0.05, 0) is 6.42 Å². The van der Waals surface area contributed by atoms with Crippen molar-refractivity contribution in [1.29, 1.82) is 0 Å². The van der Waals surface area contributed by atoms with Crippen molar-refractivity contribution in [2.45, 2.75) is 19.3 Å². The summed E-state index contributed by atoms with van der Waals surface area (Å²) in [6.07, 6.45) is -0.638. The zero-order valence-corrected chi connectivity index (χ0v) is 7.28. The minimum absolute atomic E-state index is 0.0483. The van der Waals surface area contributed by atoms with Gasteiger partial charge in [0.15, 0.2) is 5.78 Å². The second-order valence-electron chi connectivity index (χ2n) is 3.04. The average molecular weight is 199 g/mol. The Balaban J connectivity index is 2.59. The highest BCUT2D eigenvalue weighted by Gasteiger charge is 2.34. The van der Waals surface area contributed by atoms with Crippen molar-refractivity contribution in [2.24, 2.45) is 5.92 Å². The summed E-state index contributed by atoms with van der Waals surface area (Å²) < 4.78 is 0. The molecule has 1 rings (SSSR count). The molecule has 2 amide bonds. The summed E-state index contributed by atoms with van der Waals surface area (Å²) in [6, 6.07) is 0. The Morgan fingerprint density at radius 1 is 1.43 bits per heavy atom. The van der Waals surface area contributed by atoms with Crippen LogP contribution in [0.1, 0.15) is 19.3 Å². The van der Waals surface area contributed by atoms with Gasteiger partial charge in [-0.3, -0.25) is 24.5 Å². The fraction of sp³-hybridized carbons (Fsp3) is 0.500. The van der Waals surface area contributed by atoms with Crippen LogP contribution in [0.4, 0.5) is 0 Å². The van der Waals surface area contributed by atoms with Crippen LogP contribution in [0.3, 0.4) is 0 Å². The van der Waals surface area contributed by atoms with Crippen LogP contribution >= 0.6 is 0 Å². The van der Waals surface area contributed by atoms with Crippen molar-refractivity contribution in [3.05, 3.63) is 0 Å². The minimum atomic E-state index is -1.07. The van der Waals surface area contributed by atoms with E-state index in [1.54, 1.807) is 0 Å². The highest BCUT2D eigenvalue weighted by Crippen LogP contribution is 2.14. The average Bonchev–Trinajstić information content (AvgIpc) is 2.01. The Morgan fingerprint density at radius 3 is 2.57 bits per heavy atom. The van der Waals surface area contributed by atoms with E-state index in [9.17, 15) is 19.2 Å². The van der Waals surface area contributed by atoms with Gasteiger partial charge in [-0.15, -0.1) is 0 Å².